The fourth-order valence-corrected chi connectivity index (χ4v) is 4.48. The number of rotatable bonds is 6. The van der Waals surface area contributed by atoms with Crippen LogP contribution in [0, 0.1) is 6.92 Å². The Morgan fingerprint density at radius 1 is 1.24 bits per heavy atom. The van der Waals surface area contributed by atoms with Crippen LogP contribution in [-0.4, -0.2) is 28.7 Å². The van der Waals surface area contributed by atoms with Crippen molar-refractivity contribution >= 4 is 45.4 Å². The largest absolute Gasteiger partial charge is 0.495 e. The number of anilines is 2. The molecule has 2 heterocycles. The van der Waals surface area contributed by atoms with Gasteiger partial charge in [-0.05, 0) is 31.0 Å². The maximum Gasteiger partial charge on any atom is 0.276 e. The summed E-state index contributed by atoms with van der Waals surface area (Å²) in [5, 5.41) is 10.4. The Labute approximate surface area is 177 Å². The highest BCUT2D eigenvalue weighted by atomic mass is 35.5. The van der Waals surface area contributed by atoms with Gasteiger partial charge in [0.05, 0.1) is 29.6 Å². The van der Waals surface area contributed by atoms with Gasteiger partial charge in [-0.15, -0.1) is 11.3 Å². The number of thiophene rings is 1. The zero-order valence-electron chi connectivity index (χ0n) is 16.5. The fraction of sp³-hybridized carbons (Fsp3) is 0.250. The van der Waals surface area contributed by atoms with Crippen LogP contribution in [0.25, 0.3) is 0 Å². The molecule has 0 saturated carbocycles. The van der Waals surface area contributed by atoms with Gasteiger partial charge < -0.3 is 15.4 Å². The number of para-hydroxylation sites is 2. The third kappa shape index (κ3) is 4.13. The van der Waals surface area contributed by atoms with Gasteiger partial charge in [-0.3, -0.25) is 14.3 Å². The highest BCUT2D eigenvalue weighted by molar-refractivity contribution is 7.17. The van der Waals surface area contributed by atoms with Crippen molar-refractivity contribution in [2.45, 2.75) is 20.3 Å². The molecule has 0 fully saturated rings. The first-order chi connectivity index (χ1) is 13.9. The van der Waals surface area contributed by atoms with Crippen LogP contribution in [0.5, 0.6) is 5.75 Å². The fourth-order valence-electron chi connectivity index (χ4n) is 3.09. The van der Waals surface area contributed by atoms with Crippen molar-refractivity contribution < 1.29 is 14.3 Å². The Morgan fingerprint density at radius 3 is 2.59 bits per heavy atom. The van der Waals surface area contributed by atoms with Gasteiger partial charge in [-0.1, -0.05) is 30.7 Å². The molecule has 9 heteroatoms. The number of hydrogen-bond donors (Lipinski definition) is 2. The topological polar surface area (TPSA) is 85.2 Å². The Morgan fingerprint density at radius 2 is 1.97 bits per heavy atom. The predicted molar refractivity (Wildman–Crippen MR) is 116 cm³/mol. The van der Waals surface area contributed by atoms with Gasteiger partial charge in [-0.2, -0.15) is 5.10 Å². The number of nitrogens with one attached hydrogen (secondary N) is 2. The summed E-state index contributed by atoms with van der Waals surface area (Å²) >= 11 is 7.43. The Hall–Kier alpha value is -2.84. The lowest BCUT2D eigenvalue weighted by Crippen LogP contribution is -2.20. The average molecular weight is 433 g/mol. The average Bonchev–Trinajstić information content (AvgIpc) is 3.19. The van der Waals surface area contributed by atoms with E-state index < -0.39 is 5.91 Å². The van der Waals surface area contributed by atoms with Gasteiger partial charge >= 0.3 is 0 Å². The molecule has 0 atom stereocenters. The molecule has 0 radical (unpaired) electrons. The molecule has 2 aromatic heterocycles. The first kappa shape index (κ1) is 20.9. The molecule has 0 spiro atoms. The van der Waals surface area contributed by atoms with Crippen LogP contribution < -0.4 is 15.4 Å². The monoisotopic (exact) mass is 432 g/mol. The van der Waals surface area contributed by atoms with E-state index >= 15 is 0 Å². The molecule has 0 unspecified atom stereocenters. The summed E-state index contributed by atoms with van der Waals surface area (Å²) in [6.45, 7) is 3.90. The summed E-state index contributed by atoms with van der Waals surface area (Å²) in [5.74, 6) is -0.189. The van der Waals surface area contributed by atoms with E-state index in [4.69, 9.17) is 16.3 Å². The van der Waals surface area contributed by atoms with Crippen molar-refractivity contribution in [2.24, 2.45) is 7.05 Å². The minimum Gasteiger partial charge on any atom is -0.495 e. The Kier molecular flexibility index (Phi) is 6.24. The lowest BCUT2D eigenvalue weighted by atomic mass is 10.1. The standard InChI is InChI=1S/C20H21ClN4O3S/c1-5-12-11(2)29-20(24-19(27)17-13(21)10-22-25(17)3)16(12)18(26)23-14-8-6-7-9-15(14)28-4/h6-10H,5H2,1-4H3,(H,23,26)(H,24,27). The number of carbonyl (C=O) groups is 2. The van der Waals surface area contributed by atoms with Crippen LogP contribution in [0.3, 0.4) is 0 Å². The first-order valence-electron chi connectivity index (χ1n) is 8.92. The minimum atomic E-state index is -0.426. The number of ether oxygens (including phenoxy) is 1. The van der Waals surface area contributed by atoms with Gasteiger partial charge in [0.15, 0.2) is 0 Å². The molecule has 1 aromatic carbocycles. The van der Waals surface area contributed by atoms with E-state index in [2.05, 4.69) is 15.7 Å². The van der Waals surface area contributed by atoms with Crippen LogP contribution in [-0.2, 0) is 13.5 Å². The summed E-state index contributed by atoms with van der Waals surface area (Å²) in [6, 6.07) is 7.16. The minimum absolute atomic E-state index is 0.229. The van der Waals surface area contributed by atoms with Crippen molar-refractivity contribution in [3.63, 3.8) is 0 Å². The van der Waals surface area contributed by atoms with E-state index in [1.807, 2.05) is 26.0 Å². The molecule has 7 nitrogen and oxygen atoms in total. The molecule has 0 aliphatic carbocycles. The molecule has 0 aliphatic heterocycles. The molecular weight excluding hydrogens is 412 g/mol. The van der Waals surface area contributed by atoms with Gasteiger partial charge in [0, 0.05) is 11.9 Å². The number of amides is 2. The van der Waals surface area contributed by atoms with E-state index in [1.54, 1.807) is 26.3 Å². The molecule has 2 N–H and O–H groups in total. The molecule has 3 aromatic rings. The first-order valence-corrected chi connectivity index (χ1v) is 10.1. The second-order valence-corrected chi connectivity index (χ2v) is 7.90. The maximum atomic E-state index is 13.1. The summed E-state index contributed by atoms with van der Waals surface area (Å²) in [5.41, 5.74) is 2.10. The van der Waals surface area contributed by atoms with Gasteiger partial charge in [0.25, 0.3) is 11.8 Å². The zero-order valence-corrected chi connectivity index (χ0v) is 18.1. The molecule has 3 rings (SSSR count). The number of methoxy groups -OCH3 is 1. The number of hydrogen-bond acceptors (Lipinski definition) is 5. The van der Waals surface area contributed by atoms with E-state index in [1.165, 1.54) is 22.2 Å². The summed E-state index contributed by atoms with van der Waals surface area (Å²) in [6.07, 6.45) is 2.06. The van der Waals surface area contributed by atoms with Crippen LogP contribution in [0.1, 0.15) is 38.2 Å². The van der Waals surface area contributed by atoms with Crippen LogP contribution in [0.15, 0.2) is 30.5 Å². The van der Waals surface area contributed by atoms with Crippen molar-refractivity contribution in [1.29, 1.82) is 0 Å². The smallest absolute Gasteiger partial charge is 0.276 e. The second-order valence-electron chi connectivity index (χ2n) is 6.27. The number of benzene rings is 1. The highest BCUT2D eigenvalue weighted by Gasteiger charge is 2.25. The Balaban J connectivity index is 1.96. The van der Waals surface area contributed by atoms with Gasteiger partial charge in [0.2, 0.25) is 0 Å². The van der Waals surface area contributed by atoms with E-state index in [9.17, 15) is 9.59 Å². The SMILES string of the molecule is CCc1c(C)sc(NC(=O)c2c(Cl)cnn2C)c1C(=O)Nc1ccccc1OC. The molecule has 29 heavy (non-hydrogen) atoms. The van der Waals surface area contributed by atoms with Crippen LogP contribution >= 0.6 is 22.9 Å². The predicted octanol–water partition coefficient (Wildman–Crippen LogP) is 4.52. The van der Waals surface area contributed by atoms with Gasteiger partial charge in [-0.25, -0.2) is 0 Å². The Bertz CT molecular complexity index is 1050. The normalized spacial score (nSPS) is 10.7. The van der Waals surface area contributed by atoms with E-state index in [0.29, 0.717) is 28.4 Å². The van der Waals surface area contributed by atoms with Crippen LogP contribution in [0.4, 0.5) is 10.7 Å². The lowest BCUT2D eigenvalue weighted by Gasteiger charge is -2.12. The second kappa shape index (κ2) is 8.67. The number of halogens is 1. The van der Waals surface area contributed by atoms with Crippen LogP contribution in [0.2, 0.25) is 5.02 Å². The molecule has 152 valence electrons. The van der Waals surface area contributed by atoms with E-state index in [0.717, 1.165) is 10.4 Å². The third-order valence-electron chi connectivity index (χ3n) is 4.48. The number of aromatic nitrogens is 2. The summed E-state index contributed by atoms with van der Waals surface area (Å²) in [4.78, 5) is 26.9. The quantitative estimate of drug-likeness (QED) is 0.599. The maximum absolute atomic E-state index is 13.1. The lowest BCUT2D eigenvalue weighted by molar-refractivity contribution is 0.101. The highest BCUT2D eigenvalue weighted by Crippen LogP contribution is 2.35. The summed E-state index contributed by atoms with van der Waals surface area (Å²) in [7, 11) is 3.17. The summed E-state index contributed by atoms with van der Waals surface area (Å²) < 4.78 is 6.70. The van der Waals surface area contributed by atoms with Gasteiger partial charge in [0.1, 0.15) is 16.4 Å². The van der Waals surface area contributed by atoms with Crippen molar-refractivity contribution in [3.8, 4) is 5.75 Å². The third-order valence-corrected chi connectivity index (χ3v) is 5.82. The van der Waals surface area contributed by atoms with Crippen molar-refractivity contribution in [1.82, 2.24) is 9.78 Å². The molecule has 0 bridgehead atoms. The molecule has 0 saturated heterocycles. The van der Waals surface area contributed by atoms with Crippen molar-refractivity contribution in [2.75, 3.05) is 17.7 Å². The zero-order chi connectivity index (χ0) is 21.1. The van der Waals surface area contributed by atoms with Crippen molar-refractivity contribution in [3.05, 3.63) is 57.2 Å². The molecule has 0 aliphatic rings. The number of nitrogens with zero attached hydrogens (tertiary/aromatic N) is 2. The van der Waals surface area contributed by atoms with E-state index in [-0.39, 0.29) is 16.6 Å². The molecule has 2 amide bonds. The number of aryl methyl sites for hydroxylation is 2. The number of carbonyl (C=O) groups excluding carboxylic acids is 2. The molecular formula is C20H21ClN4O3S.